The minimum atomic E-state index is -3.46. The molecule has 0 atom stereocenters. The van der Waals surface area contributed by atoms with Gasteiger partial charge in [0.15, 0.2) is 15.0 Å². The zero-order chi connectivity index (χ0) is 24.4. The molecule has 0 bridgehead atoms. The lowest BCUT2D eigenvalue weighted by atomic mass is 9.91. The second-order valence-electron chi connectivity index (χ2n) is 9.27. The minimum absolute atomic E-state index is 0.0918. The third kappa shape index (κ3) is 6.32. The van der Waals surface area contributed by atoms with Gasteiger partial charge in [0, 0.05) is 48.9 Å². The number of ether oxygens (including phenoxy) is 1. The van der Waals surface area contributed by atoms with Gasteiger partial charge >= 0.3 is 0 Å². The lowest BCUT2D eigenvalue weighted by molar-refractivity contribution is -0.114. The van der Waals surface area contributed by atoms with Crippen LogP contribution in [-0.2, 0) is 21.1 Å². The largest absolute Gasteiger partial charge is 0.490 e. The van der Waals surface area contributed by atoms with Crippen molar-refractivity contribution in [3.05, 3.63) is 34.8 Å². The zero-order valence-corrected chi connectivity index (χ0v) is 21.3. The molecule has 10 heteroatoms. The van der Waals surface area contributed by atoms with Crippen LogP contribution in [-0.4, -0.2) is 69.0 Å². The number of aldehydes is 1. The summed E-state index contributed by atoms with van der Waals surface area (Å²) in [5.74, 6) is 0.135. The lowest BCUT2D eigenvalue weighted by Gasteiger charge is -2.35. The first-order valence-electron chi connectivity index (χ1n) is 10.9. The number of carbonyl (C=O) groups is 2. The monoisotopic (exact) mass is 493 g/mol. The molecule has 0 radical (unpaired) electrons. The lowest BCUT2D eigenvalue weighted by Crippen LogP contribution is -2.48. The van der Waals surface area contributed by atoms with Gasteiger partial charge in [-0.15, -0.1) is 11.3 Å². The summed E-state index contributed by atoms with van der Waals surface area (Å²) in [7, 11) is -3.46. The third-order valence-electron chi connectivity index (χ3n) is 5.30. The fourth-order valence-corrected chi connectivity index (χ4v) is 5.40. The summed E-state index contributed by atoms with van der Waals surface area (Å²) in [4.78, 5) is 34.0. The smallest absolute Gasteiger partial charge is 0.257 e. The SMILES string of the molecule is CC(C)Oc1ccc(S(C)(=O)=O)cc1C(=O)N1CCN(c2ncc(CC(C)(C)C=O)s2)CC1. The first-order valence-corrected chi connectivity index (χ1v) is 13.6. The highest BCUT2D eigenvalue weighted by atomic mass is 32.2. The average molecular weight is 494 g/mol. The summed E-state index contributed by atoms with van der Waals surface area (Å²) in [6, 6.07) is 4.43. The topological polar surface area (TPSA) is 96.9 Å². The van der Waals surface area contributed by atoms with Crippen LogP contribution in [0.2, 0.25) is 0 Å². The molecule has 0 N–H and O–H groups in total. The maximum absolute atomic E-state index is 13.3. The molecule has 2 heterocycles. The van der Waals surface area contributed by atoms with E-state index in [1.54, 1.807) is 22.3 Å². The number of anilines is 1. The molecule has 1 aliphatic heterocycles. The van der Waals surface area contributed by atoms with E-state index >= 15 is 0 Å². The predicted molar refractivity (Wildman–Crippen MR) is 129 cm³/mol. The molecule has 0 unspecified atom stereocenters. The summed E-state index contributed by atoms with van der Waals surface area (Å²) < 4.78 is 29.8. The van der Waals surface area contributed by atoms with Gasteiger partial charge in [-0.05, 0) is 38.5 Å². The Labute approximate surface area is 199 Å². The number of thiazole rings is 1. The second-order valence-corrected chi connectivity index (χ2v) is 12.4. The van der Waals surface area contributed by atoms with E-state index in [0.29, 0.717) is 38.3 Å². The number of hydrogen-bond donors (Lipinski definition) is 0. The third-order valence-corrected chi connectivity index (χ3v) is 7.47. The number of aromatic nitrogens is 1. The van der Waals surface area contributed by atoms with E-state index < -0.39 is 15.3 Å². The van der Waals surface area contributed by atoms with Crippen molar-refractivity contribution in [2.24, 2.45) is 5.41 Å². The molecular formula is C23H31N3O5S2. The van der Waals surface area contributed by atoms with Crippen molar-refractivity contribution < 1.29 is 22.7 Å². The fourth-order valence-electron chi connectivity index (χ4n) is 3.55. The first kappa shape index (κ1) is 25.2. The molecule has 180 valence electrons. The molecule has 1 saturated heterocycles. The standard InChI is InChI=1S/C23H31N3O5S2/c1-16(2)31-20-7-6-18(33(5,29)30)12-19(20)21(28)25-8-10-26(11-9-25)22-24-14-17(32-22)13-23(3,4)15-27/h6-7,12,14-16H,8-11,13H2,1-5H3. The quantitative estimate of drug-likeness (QED) is 0.522. The van der Waals surface area contributed by atoms with Gasteiger partial charge in [-0.1, -0.05) is 13.8 Å². The second kappa shape index (κ2) is 9.80. The minimum Gasteiger partial charge on any atom is -0.490 e. The molecule has 2 aromatic rings. The highest BCUT2D eigenvalue weighted by Gasteiger charge is 2.27. The molecule has 1 aromatic heterocycles. The maximum Gasteiger partial charge on any atom is 0.257 e. The van der Waals surface area contributed by atoms with Crippen LogP contribution >= 0.6 is 11.3 Å². The Balaban J connectivity index is 1.73. The maximum atomic E-state index is 13.3. The van der Waals surface area contributed by atoms with Crippen LogP contribution in [0.15, 0.2) is 29.3 Å². The van der Waals surface area contributed by atoms with Crippen LogP contribution in [0.25, 0.3) is 0 Å². The summed E-state index contributed by atoms with van der Waals surface area (Å²) in [5.41, 5.74) is -0.168. The Kier molecular flexibility index (Phi) is 7.48. The van der Waals surface area contributed by atoms with Crippen molar-refractivity contribution in [2.75, 3.05) is 37.3 Å². The number of piperazine rings is 1. The van der Waals surface area contributed by atoms with Crippen LogP contribution in [0, 0.1) is 5.41 Å². The van der Waals surface area contributed by atoms with Gasteiger partial charge in [0.2, 0.25) is 0 Å². The molecule has 3 rings (SSSR count). The normalized spacial score (nSPS) is 15.1. The van der Waals surface area contributed by atoms with E-state index in [2.05, 4.69) is 9.88 Å². The number of nitrogens with zero attached hydrogens (tertiary/aromatic N) is 3. The van der Waals surface area contributed by atoms with Gasteiger partial charge in [-0.25, -0.2) is 13.4 Å². The van der Waals surface area contributed by atoms with Gasteiger partial charge < -0.3 is 19.3 Å². The molecule has 1 fully saturated rings. The first-order chi connectivity index (χ1) is 15.4. The van der Waals surface area contributed by atoms with Crippen molar-refractivity contribution in [3.63, 3.8) is 0 Å². The molecule has 33 heavy (non-hydrogen) atoms. The van der Waals surface area contributed by atoms with Crippen LogP contribution in [0.4, 0.5) is 5.13 Å². The predicted octanol–water partition coefficient (Wildman–Crippen LogP) is 3.06. The summed E-state index contributed by atoms with van der Waals surface area (Å²) >= 11 is 1.57. The Morgan fingerprint density at radius 1 is 1.24 bits per heavy atom. The van der Waals surface area contributed by atoms with E-state index in [-0.39, 0.29) is 22.5 Å². The Morgan fingerprint density at radius 3 is 2.48 bits per heavy atom. The summed E-state index contributed by atoms with van der Waals surface area (Å²) in [5, 5.41) is 0.877. The van der Waals surface area contributed by atoms with E-state index in [9.17, 15) is 18.0 Å². The number of benzene rings is 1. The van der Waals surface area contributed by atoms with Crippen LogP contribution in [0.5, 0.6) is 5.75 Å². The zero-order valence-electron chi connectivity index (χ0n) is 19.7. The van der Waals surface area contributed by atoms with Crippen molar-refractivity contribution >= 4 is 38.5 Å². The molecule has 1 amide bonds. The van der Waals surface area contributed by atoms with Gasteiger partial charge in [0.05, 0.1) is 16.6 Å². The fraction of sp³-hybridized carbons (Fsp3) is 0.522. The molecular weight excluding hydrogens is 462 g/mol. The van der Waals surface area contributed by atoms with Crippen LogP contribution < -0.4 is 9.64 Å². The highest BCUT2D eigenvalue weighted by molar-refractivity contribution is 7.90. The molecule has 0 saturated carbocycles. The number of amides is 1. The number of hydrogen-bond acceptors (Lipinski definition) is 8. The molecule has 1 aliphatic rings. The number of sulfone groups is 1. The van der Waals surface area contributed by atoms with Crippen molar-refractivity contribution in [3.8, 4) is 5.75 Å². The van der Waals surface area contributed by atoms with Gasteiger partial charge in [-0.2, -0.15) is 0 Å². The highest BCUT2D eigenvalue weighted by Crippen LogP contribution is 2.30. The van der Waals surface area contributed by atoms with Crippen molar-refractivity contribution in [1.29, 1.82) is 0 Å². The Bertz CT molecular complexity index is 1120. The van der Waals surface area contributed by atoms with Gasteiger partial charge in [0.1, 0.15) is 12.0 Å². The Hall–Kier alpha value is -2.46. The molecule has 8 nitrogen and oxygen atoms in total. The van der Waals surface area contributed by atoms with Crippen molar-refractivity contribution in [2.45, 2.75) is 45.1 Å². The molecule has 0 aliphatic carbocycles. The van der Waals surface area contributed by atoms with E-state index in [0.717, 1.165) is 22.6 Å². The average Bonchev–Trinajstić information content (AvgIpc) is 3.20. The number of rotatable bonds is 8. The number of carbonyl (C=O) groups excluding carboxylic acids is 2. The van der Waals surface area contributed by atoms with E-state index in [1.165, 1.54) is 12.1 Å². The summed E-state index contributed by atoms with van der Waals surface area (Å²) in [6.07, 6.45) is 4.39. The van der Waals surface area contributed by atoms with Crippen LogP contribution in [0.1, 0.15) is 42.9 Å². The van der Waals surface area contributed by atoms with E-state index in [1.807, 2.05) is 33.9 Å². The molecule has 1 aromatic carbocycles. The van der Waals surface area contributed by atoms with Crippen LogP contribution in [0.3, 0.4) is 0 Å². The summed E-state index contributed by atoms with van der Waals surface area (Å²) in [6.45, 7) is 9.71. The Morgan fingerprint density at radius 2 is 1.91 bits per heavy atom. The van der Waals surface area contributed by atoms with Gasteiger partial charge in [-0.3, -0.25) is 4.79 Å². The van der Waals surface area contributed by atoms with E-state index in [4.69, 9.17) is 4.74 Å². The molecule has 0 spiro atoms. The van der Waals surface area contributed by atoms with Crippen molar-refractivity contribution in [1.82, 2.24) is 9.88 Å². The van der Waals surface area contributed by atoms with Gasteiger partial charge in [0.25, 0.3) is 5.91 Å².